The van der Waals surface area contributed by atoms with E-state index in [0.29, 0.717) is 12.1 Å². The second-order valence-corrected chi connectivity index (χ2v) is 5.49. The van der Waals surface area contributed by atoms with Crippen molar-refractivity contribution >= 4 is 17.5 Å². The van der Waals surface area contributed by atoms with Crippen molar-refractivity contribution in [1.29, 1.82) is 0 Å². The summed E-state index contributed by atoms with van der Waals surface area (Å²) >= 11 is 0. The first-order chi connectivity index (χ1) is 12.0. The molecule has 0 aromatic heterocycles. The molecule has 2 amide bonds. The molecule has 0 fully saturated rings. The normalized spacial score (nSPS) is 10.4. The number of hydrogen-bond acceptors (Lipinski definition) is 3. The maximum Gasteiger partial charge on any atom is 0.265 e. The van der Waals surface area contributed by atoms with Crippen LogP contribution in [0.1, 0.15) is 35.7 Å². The molecule has 0 atom stereocenters. The van der Waals surface area contributed by atoms with Gasteiger partial charge in [0, 0.05) is 23.2 Å². The Morgan fingerprint density at radius 2 is 1.92 bits per heavy atom. The monoisotopic (exact) mass is 347 g/mol. The lowest BCUT2D eigenvalue weighted by atomic mass is 10.1. The first-order valence-corrected chi connectivity index (χ1v) is 7.81. The van der Waals surface area contributed by atoms with E-state index in [2.05, 4.69) is 0 Å². The van der Waals surface area contributed by atoms with Gasteiger partial charge < -0.3 is 4.90 Å². The van der Waals surface area contributed by atoms with Crippen LogP contribution in [0.15, 0.2) is 42.5 Å². The minimum absolute atomic E-state index is 0.0703. The standard InChI is InChI=1S/C18H19F2N3O2/c1-2-4-17(24)23(15-6-3-5-14(19)10-15)11-13-8-7-12(9-16(13)20)18(25)22-21/h3,5-10H,2,4,11,21H2,1H3,(H,22,25). The lowest BCUT2D eigenvalue weighted by Crippen LogP contribution is -2.31. The van der Waals surface area contributed by atoms with Gasteiger partial charge in [-0.1, -0.05) is 19.1 Å². The van der Waals surface area contributed by atoms with E-state index in [1.807, 2.05) is 12.3 Å². The number of halogens is 2. The van der Waals surface area contributed by atoms with Crippen LogP contribution in [0.5, 0.6) is 0 Å². The zero-order valence-electron chi connectivity index (χ0n) is 13.8. The molecular weight excluding hydrogens is 328 g/mol. The Morgan fingerprint density at radius 1 is 1.16 bits per heavy atom. The number of anilines is 1. The summed E-state index contributed by atoms with van der Waals surface area (Å²) in [6.07, 6.45) is 0.870. The van der Waals surface area contributed by atoms with Gasteiger partial charge in [0.1, 0.15) is 11.6 Å². The number of hydrogen-bond donors (Lipinski definition) is 2. The highest BCUT2D eigenvalue weighted by Gasteiger charge is 2.18. The van der Waals surface area contributed by atoms with Crippen molar-refractivity contribution in [3.05, 3.63) is 65.2 Å². The van der Waals surface area contributed by atoms with E-state index in [1.54, 1.807) is 6.07 Å². The fourth-order valence-electron chi connectivity index (χ4n) is 2.39. The number of amides is 2. The highest BCUT2D eigenvalue weighted by molar-refractivity contribution is 5.94. The summed E-state index contributed by atoms with van der Waals surface area (Å²) in [5.41, 5.74) is 2.55. The Bertz CT molecular complexity index is 781. The summed E-state index contributed by atoms with van der Waals surface area (Å²) in [5.74, 6) is 3.04. The number of carbonyl (C=O) groups is 2. The van der Waals surface area contributed by atoms with Crippen LogP contribution in [-0.2, 0) is 11.3 Å². The molecule has 2 rings (SSSR count). The van der Waals surface area contributed by atoms with E-state index in [0.717, 1.165) is 6.07 Å². The average molecular weight is 347 g/mol. The lowest BCUT2D eigenvalue weighted by Gasteiger charge is -2.23. The van der Waals surface area contributed by atoms with Gasteiger partial charge in [0.2, 0.25) is 5.91 Å². The molecule has 0 aliphatic carbocycles. The molecule has 0 aliphatic rings. The smallest absolute Gasteiger partial charge is 0.265 e. The van der Waals surface area contributed by atoms with Gasteiger partial charge in [-0.15, -0.1) is 0 Å². The molecule has 0 spiro atoms. The molecule has 3 N–H and O–H groups in total. The van der Waals surface area contributed by atoms with Gasteiger partial charge in [-0.3, -0.25) is 15.0 Å². The van der Waals surface area contributed by atoms with E-state index in [4.69, 9.17) is 5.84 Å². The quantitative estimate of drug-likeness (QED) is 0.479. The zero-order chi connectivity index (χ0) is 18.4. The van der Waals surface area contributed by atoms with Gasteiger partial charge in [0.05, 0.1) is 6.54 Å². The van der Waals surface area contributed by atoms with Crippen molar-refractivity contribution < 1.29 is 18.4 Å². The van der Waals surface area contributed by atoms with Crippen LogP contribution in [0.25, 0.3) is 0 Å². The molecule has 0 radical (unpaired) electrons. The number of carbonyl (C=O) groups excluding carboxylic acids is 2. The molecule has 0 unspecified atom stereocenters. The minimum Gasteiger partial charge on any atom is -0.308 e. The molecule has 2 aromatic carbocycles. The van der Waals surface area contributed by atoms with Crippen molar-refractivity contribution in [2.75, 3.05) is 4.90 Å². The van der Waals surface area contributed by atoms with Gasteiger partial charge in [-0.2, -0.15) is 0 Å². The van der Waals surface area contributed by atoms with E-state index in [1.165, 1.54) is 35.2 Å². The van der Waals surface area contributed by atoms with Crippen LogP contribution < -0.4 is 16.2 Å². The summed E-state index contributed by atoms with van der Waals surface area (Å²) in [6.45, 7) is 1.78. The molecule has 0 heterocycles. The molecule has 7 heteroatoms. The van der Waals surface area contributed by atoms with Gasteiger partial charge >= 0.3 is 0 Å². The van der Waals surface area contributed by atoms with Crippen LogP contribution in [0, 0.1) is 11.6 Å². The Hall–Kier alpha value is -2.80. The second kappa shape index (κ2) is 8.34. The summed E-state index contributed by atoms with van der Waals surface area (Å²) in [4.78, 5) is 25.2. The van der Waals surface area contributed by atoms with Crippen molar-refractivity contribution in [2.24, 2.45) is 5.84 Å². The number of benzene rings is 2. The molecule has 132 valence electrons. The van der Waals surface area contributed by atoms with E-state index in [-0.39, 0.29) is 30.0 Å². The van der Waals surface area contributed by atoms with Crippen LogP contribution in [0.2, 0.25) is 0 Å². The van der Waals surface area contributed by atoms with Crippen LogP contribution >= 0.6 is 0 Å². The number of nitrogens with zero attached hydrogens (tertiary/aromatic N) is 1. The number of nitrogen functional groups attached to an aromatic ring is 1. The minimum atomic E-state index is -0.646. The molecule has 25 heavy (non-hydrogen) atoms. The third-order valence-corrected chi connectivity index (χ3v) is 3.66. The third kappa shape index (κ3) is 4.60. The van der Waals surface area contributed by atoms with Crippen molar-refractivity contribution in [2.45, 2.75) is 26.3 Å². The van der Waals surface area contributed by atoms with Gasteiger partial charge in [-0.05, 0) is 36.8 Å². The van der Waals surface area contributed by atoms with Gasteiger partial charge in [-0.25, -0.2) is 14.6 Å². The fourth-order valence-corrected chi connectivity index (χ4v) is 2.39. The largest absolute Gasteiger partial charge is 0.308 e. The Balaban J connectivity index is 2.33. The predicted molar refractivity (Wildman–Crippen MR) is 90.6 cm³/mol. The zero-order valence-corrected chi connectivity index (χ0v) is 13.8. The summed E-state index contributed by atoms with van der Waals surface area (Å²) in [7, 11) is 0. The first-order valence-electron chi connectivity index (χ1n) is 7.81. The fraction of sp³-hybridized carbons (Fsp3) is 0.222. The Kier molecular flexibility index (Phi) is 6.19. The van der Waals surface area contributed by atoms with E-state index in [9.17, 15) is 18.4 Å². The molecule has 5 nitrogen and oxygen atoms in total. The maximum absolute atomic E-state index is 14.3. The Labute approximate surface area is 144 Å². The number of hydrazine groups is 1. The molecule has 2 aromatic rings. The summed E-state index contributed by atoms with van der Waals surface area (Å²) in [6, 6.07) is 9.44. The predicted octanol–water partition coefficient (Wildman–Crippen LogP) is 2.90. The highest BCUT2D eigenvalue weighted by Crippen LogP contribution is 2.22. The SMILES string of the molecule is CCCC(=O)N(Cc1ccc(C(=O)NN)cc1F)c1cccc(F)c1. The van der Waals surface area contributed by atoms with Crippen LogP contribution in [0.3, 0.4) is 0 Å². The highest BCUT2D eigenvalue weighted by atomic mass is 19.1. The summed E-state index contributed by atoms with van der Waals surface area (Å²) < 4.78 is 27.8. The lowest BCUT2D eigenvalue weighted by molar-refractivity contribution is -0.118. The molecule has 0 saturated carbocycles. The number of rotatable bonds is 6. The van der Waals surface area contributed by atoms with Crippen LogP contribution in [0.4, 0.5) is 14.5 Å². The molecule has 0 aliphatic heterocycles. The second-order valence-electron chi connectivity index (χ2n) is 5.49. The molecule has 0 bridgehead atoms. The maximum atomic E-state index is 14.3. The van der Waals surface area contributed by atoms with E-state index >= 15 is 0 Å². The molecule has 0 saturated heterocycles. The van der Waals surface area contributed by atoms with Crippen molar-refractivity contribution in [3.63, 3.8) is 0 Å². The molecular formula is C18H19F2N3O2. The summed E-state index contributed by atoms with van der Waals surface area (Å²) in [5, 5.41) is 0. The average Bonchev–Trinajstić information content (AvgIpc) is 2.60. The van der Waals surface area contributed by atoms with Crippen LogP contribution in [-0.4, -0.2) is 11.8 Å². The topological polar surface area (TPSA) is 75.4 Å². The van der Waals surface area contributed by atoms with E-state index < -0.39 is 17.5 Å². The number of nitrogens with two attached hydrogens (primary N) is 1. The number of nitrogens with one attached hydrogen (secondary N) is 1. The Morgan fingerprint density at radius 3 is 2.52 bits per heavy atom. The van der Waals surface area contributed by atoms with Gasteiger partial charge in [0.15, 0.2) is 0 Å². The third-order valence-electron chi connectivity index (χ3n) is 3.66. The van der Waals surface area contributed by atoms with Gasteiger partial charge in [0.25, 0.3) is 5.91 Å². The van der Waals surface area contributed by atoms with Crippen molar-refractivity contribution in [1.82, 2.24) is 5.43 Å². The van der Waals surface area contributed by atoms with Crippen molar-refractivity contribution in [3.8, 4) is 0 Å². The first kappa shape index (κ1) is 18.5.